The Morgan fingerprint density at radius 3 is 2.72 bits per heavy atom. The molecule has 25 heavy (non-hydrogen) atoms. The maximum atomic E-state index is 5.42. The van der Waals surface area contributed by atoms with Crippen molar-refractivity contribution >= 4 is 11.0 Å². The lowest BCUT2D eigenvalue weighted by Crippen LogP contribution is -2.22. The molecule has 0 radical (unpaired) electrons. The van der Waals surface area contributed by atoms with Crippen LogP contribution in [-0.2, 0) is 5.54 Å². The third kappa shape index (κ3) is 2.67. The molecule has 0 spiro atoms. The first-order chi connectivity index (χ1) is 11.9. The molecule has 3 aromatic heterocycles. The van der Waals surface area contributed by atoms with Gasteiger partial charge in [0, 0.05) is 18.0 Å². The molecule has 1 aromatic carbocycles. The van der Waals surface area contributed by atoms with Crippen molar-refractivity contribution in [3.63, 3.8) is 0 Å². The fraction of sp³-hybridized carbons (Fsp3) is 0.278. The smallest absolute Gasteiger partial charge is 0.260 e. The number of aryl methyl sites for hydroxylation is 1. The minimum absolute atomic E-state index is 0.132. The quantitative estimate of drug-likeness (QED) is 0.557. The summed E-state index contributed by atoms with van der Waals surface area (Å²) in [7, 11) is 0. The van der Waals surface area contributed by atoms with Gasteiger partial charge in [0.15, 0.2) is 0 Å². The molecule has 0 fully saturated rings. The van der Waals surface area contributed by atoms with E-state index in [-0.39, 0.29) is 5.54 Å². The van der Waals surface area contributed by atoms with Gasteiger partial charge in [-0.05, 0) is 57.5 Å². The standard InChI is InChI=1S/C18H18N6O/c1-11-7-8-19-10-13(11)17-20-16(22-25-17)12-5-6-15-14(9-12)21-23-24(15)18(2,3)4/h5-10H,1-4H3. The van der Waals surface area contributed by atoms with Crippen LogP contribution in [0.4, 0.5) is 0 Å². The highest BCUT2D eigenvalue weighted by molar-refractivity contribution is 5.80. The molecule has 126 valence electrons. The van der Waals surface area contributed by atoms with Crippen molar-refractivity contribution in [2.24, 2.45) is 0 Å². The Kier molecular flexibility index (Phi) is 3.38. The summed E-state index contributed by atoms with van der Waals surface area (Å²) in [6.45, 7) is 8.27. The van der Waals surface area contributed by atoms with Gasteiger partial charge < -0.3 is 4.52 Å². The van der Waals surface area contributed by atoms with Crippen molar-refractivity contribution in [3.8, 4) is 22.8 Å². The van der Waals surface area contributed by atoms with Gasteiger partial charge in [0.2, 0.25) is 5.82 Å². The molecule has 0 saturated carbocycles. The first-order valence-electron chi connectivity index (χ1n) is 8.04. The van der Waals surface area contributed by atoms with Gasteiger partial charge in [-0.1, -0.05) is 10.4 Å². The average molecular weight is 334 g/mol. The van der Waals surface area contributed by atoms with Gasteiger partial charge >= 0.3 is 0 Å². The summed E-state index contributed by atoms with van der Waals surface area (Å²) in [5, 5.41) is 12.6. The number of benzene rings is 1. The Morgan fingerprint density at radius 1 is 1.12 bits per heavy atom. The predicted molar refractivity (Wildman–Crippen MR) is 93.8 cm³/mol. The van der Waals surface area contributed by atoms with E-state index in [9.17, 15) is 0 Å². The van der Waals surface area contributed by atoms with Crippen LogP contribution in [0, 0.1) is 6.92 Å². The van der Waals surface area contributed by atoms with Crippen LogP contribution in [0.3, 0.4) is 0 Å². The van der Waals surface area contributed by atoms with Gasteiger partial charge in [0.1, 0.15) is 5.52 Å². The lowest BCUT2D eigenvalue weighted by molar-refractivity contribution is 0.358. The zero-order valence-corrected chi connectivity index (χ0v) is 14.6. The SMILES string of the molecule is Cc1ccncc1-c1nc(-c2ccc3c(c2)nnn3C(C)(C)C)no1. The van der Waals surface area contributed by atoms with E-state index in [1.54, 1.807) is 12.4 Å². The van der Waals surface area contributed by atoms with Gasteiger partial charge in [-0.15, -0.1) is 5.10 Å². The minimum Gasteiger partial charge on any atom is -0.334 e. The van der Waals surface area contributed by atoms with Gasteiger partial charge in [-0.25, -0.2) is 4.68 Å². The van der Waals surface area contributed by atoms with Crippen LogP contribution in [0.25, 0.3) is 33.9 Å². The number of rotatable bonds is 2. The van der Waals surface area contributed by atoms with Crippen molar-refractivity contribution in [1.29, 1.82) is 0 Å². The van der Waals surface area contributed by atoms with E-state index >= 15 is 0 Å². The van der Waals surface area contributed by atoms with Gasteiger partial charge in [0.25, 0.3) is 5.89 Å². The fourth-order valence-corrected chi connectivity index (χ4v) is 2.70. The molecule has 3 heterocycles. The van der Waals surface area contributed by atoms with E-state index in [1.807, 2.05) is 35.9 Å². The van der Waals surface area contributed by atoms with Crippen LogP contribution in [0.1, 0.15) is 26.3 Å². The highest BCUT2D eigenvalue weighted by Crippen LogP contribution is 2.27. The summed E-state index contributed by atoms with van der Waals surface area (Å²) in [6, 6.07) is 7.78. The molecular formula is C18H18N6O. The van der Waals surface area contributed by atoms with E-state index in [0.717, 1.165) is 27.7 Å². The van der Waals surface area contributed by atoms with Gasteiger partial charge in [0.05, 0.1) is 16.6 Å². The van der Waals surface area contributed by atoms with Crippen molar-refractivity contribution in [2.45, 2.75) is 33.2 Å². The summed E-state index contributed by atoms with van der Waals surface area (Å²) < 4.78 is 7.32. The molecule has 0 amide bonds. The summed E-state index contributed by atoms with van der Waals surface area (Å²) in [6.07, 6.45) is 3.47. The highest BCUT2D eigenvalue weighted by atomic mass is 16.5. The third-order valence-corrected chi connectivity index (χ3v) is 4.03. The molecular weight excluding hydrogens is 316 g/mol. The van der Waals surface area contributed by atoms with Crippen LogP contribution in [0.2, 0.25) is 0 Å². The number of hydrogen-bond acceptors (Lipinski definition) is 6. The van der Waals surface area contributed by atoms with Crippen LogP contribution in [0.15, 0.2) is 41.2 Å². The first-order valence-corrected chi connectivity index (χ1v) is 8.04. The molecule has 4 rings (SSSR count). The van der Waals surface area contributed by atoms with E-state index in [2.05, 4.69) is 46.2 Å². The van der Waals surface area contributed by atoms with Crippen molar-refractivity contribution in [1.82, 2.24) is 30.1 Å². The highest BCUT2D eigenvalue weighted by Gasteiger charge is 2.19. The summed E-state index contributed by atoms with van der Waals surface area (Å²) in [5.74, 6) is 0.976. The molecule has 7 nitrogen and oxygen atoms in total. The van der Waals surface area contributed by atoms with Crippen LogP contribution >= 0.6 is 0 Å². The number of fused-ring (bicyclic) bond motifs is 1. The molecule has 0 aliphatic rings. The molecule has 0 aliphatic heterocycles. The fourth-order valence-electron chi connectivity index (χ4n) is 2.70. The second kappa shape index (κ2) is 5.47. The summed E-state index contributed by atoms with van der Waals surface area (Å²) in [5.41, 5.74) is 4.35. The summed E-state index contributed by atoms with van der Waals surface area (Å²) >= 11 is 0. The van der Waals surface area contributed by atoms with Crippen molar-refractivity contribution in [2.75, 3.05) is 0 Å². The Hall–Kier alpha value is -3.09. The van der Waals surface area contributed by atoms with Crippen LogP contribution in [0.5, 0.6) is 0 Å². The third-order valence-electron chi connectivity index (χ3n) is 4.03. The average Bonchev–Trinajstić information content (AvgIpc) is 3.21. The Balaban J connectivity index is 1.75. The number of pyridine rings is 1. The topological polar surface area (TPSA) is 82.5 Å². The monoisotopic (exact) mass is 334 g/mol. The molecule has 0 N–H and O–H groups in total. The number of aromatic nitrogens is 6. The Morgan fingerprint density at radius 2 is 1.96 bits per heavy atom. The second-order valence-electron chi connectivity index (χ2n) is 6.99. The maximum absolute atomic E-state index is 5.42. The van der Waals surface area contributed by atoms with Crippen LogP contribution < -0.4 is 0 Å². The largest absolute Gasteiger partial charge is 0.334 e. The van der Waals surface area contributed by atoms with E-state index in [4.69, 9.17) is 4.52 Å². The molecule has 0 aliphatic carbocycles. The van der Waals surface area contributed by atoms with E-state index < -0.39 is 0 Å². The second-order valence-corrected chi connectivity index (χ2v) is 6.99. The maximum Gasteiger partial charge on any atom is 0.260 e. The lowest BCUT2D eigenvalue weighted by atomic mass is 10.1. The predicted octanol–water partition coefficient (Wildman–Crippen LogP) is 3.61. The summed E-state index contributed by atoms with van der Waals surface area (Å²) in [4.78, 5) is 8.62. The number of nitrogens with zero attached hydrogens (tertiary/aromatic N) is 6. The molecule has 0 atom stereocenters. The molecule has 0 bridgehead atoms. The molecule has 0 unspecified atom stereocenters. The zero-order valence-electron chi connectivity index (χ0n) is 14.6. The van der Waals surface area contributed by atoms with Gasteiger partial charge in [-0.2, -0.15) is 4.98 Å². The van der Waals surface area contributed by atoms with Crippen molar-refractivity contribution < 1.29 is 4.52 Å². The van der Waals surface area contributed by atoms with Crippen molar-refractivity contribution in [3.05, 3.63) is 42.2 Å². The molecule has 4 aromatic rings. The van der Waals surface area contributed by atoms with E-state index in [0.29, 0.717) is 11.7 Å². The molecule has 7 heteroatoms. The first kappa shape index (κ1) is 15.4. The number of hydrogen-bond donors (Lipinski definition) is 0. The van der Waals surface area contributed by atoms with E-state index in [1.165, 1.54) is 0 Å². The zero-order chi connectivity index (χ0) is 17.6. The Bertz CT molecular complexity index is 1060. The normalized spacial score (nSPS) is 12.0. The van der Waals surface area contributed by atoms with Gasteiger partial charge in [-0.3, -0.25) is 4.98 Å². The molecule has 0 saturated heterocycles. The lowest BCUT2D eigenvalue weighted by Gasteiger charge is -2.19. The van der Waals surface area contributed by atoms with Crippen LogP contribution in [-0.4, -0.2) is 30.1 Å². The Labute approximate surface area is 144 Å². The minimum atomic E-state index is -0.132.